The summed E-state index contributed by atoms with van der Waals surface area (Å²) in [7, 11) is 0. The average molecular weight is 207 g/mol. The minimum atomic E-state index is -0.534. The molecule has 0 aliphatic rings. The van der Waals surface area contributed by atoms with Crippen LogP contribution in [0.25, 0.3) is 0 Å². The zero-order valence-corrected chi connectivity index (χ0v) is 8.47. The first kappa shape index (κ1) is 11.3. The van der Waals surface area contributed by atoms with Crippen molar-refractivity contribution in [2.45, 2.75) is 19.6 Å². The van der Waals surface area contributed by atoms with E-state index < -0.39 is 6.10 Å². The van der Waals surface area contributed by atoms with E-state index >= 15 is 0 Å². The molecule has 0 aliphatic carbocycles. The highest BCUT2D eigenvalue weighted by Crippen LogP contribution is 2.11. The van der Waals surface area contributed by atoms with Crippen molar-refractivity contribution in [3.05, 3.63) is 24.0 Å². The van der Waals surface area contributed by atoms with Gasteiger partial charge in [-0.25, -0.2) is 0 Å². The van der Waals surface area contributed by atoms with Crippen LogP contribution < -0.4 is 5.32 Å². The summed E-state index contributed by atoms with van der Waals surface area (Å²) in [6, 6.07) is 3.58. The Bertz CT molecular complexity index is 376. The second-order valence-electron chi connectivity index (χ2n) is 3.23. The molecule has 0 radical (unpaired) electrons. The van der Waals surface area contributed by atoms with Crippen LogP contribution in [0.15, 0.2) is 18.5 Å². The molecule has 1 rings (SSSR count). The third kappa shape index (κ3) is 3.44. The number of hydrogen-bond donors (Lipinski definition) is 2. The third-order valence-corrected chi connectivity index (χ3v) is 1.95. The number of aliphatic hydroxyl groups is 1. The number of carbonyl (C=O) groups is 1. The quantitative estimate of drug-likeness (QED) is 0.691. The molecule has 5 nitrogen and oxygen atoms in total. The topological polar surface area (TPSA) is 78.1 Å². The maximum absolute atomic E-state index is 11.2. The number of hydrogen-bond acceptors (Lipinski definition) is 3. The maximum Gasteiger partial charge on any atom is 0.240 e. The van der Waals surface area contributed by atoms with E-state index in [2.05, 4.69) is 5.32 Å². The number of nitrogens with zero attached hydrogens (tertiary/aromatic N) is 2. The molecule has 0 bridgehead atoms. The summed E-state index contributed by atoms with van der Waals surface area (Å²) in [6.45, 7) is 1.84. The Morgan fingerprint density at radius 2 is 2.53 bits per heavy atom. The summed E-state index contributed by atoms with van der Waals surface area (Å²) in [6.07, 6.45) is 2.89. The summed E-state index contributed by atoms with van der Waals surface area (Å²) in [5, 5.41) is 19.9. The summed E-state index contributed by atoms with van der Waals surface area (Å²) in [4.78, 5) is 11.2. The van der Waals surface area contributed by atoms with Gasteiger partial charge in [-0.05, 0) is 18.6 Å². The normalized spacial score (nSPS) is 11.8. The Morgan fingerprint density at radius 3 is 3.07 bits per heavy atom. The average Bonchev–Trinajstić information content (AvgIpc) is 2.63. The predicted molar refractivity (Wildman–Crippen MR) is 53.7 cm³/mol. The van der Waals surface area contributed by atoms with Crippen molar-refractivity contribution < 1.29 is 9.90 Å². The van der Waals surface area contributed by atoms with E-state index in [1.54, 1.807) is 30.0 Å². The van der Waals surface area contributed by atoms with Gasteiger partial charge in [-0.1, -0.05) is 0 Å². The third-order valence-electron chi connectivity index (χ3n) is 1.95. The minimum absolute atomic E-state index is 0.0172. The monoisotopic (exact) mass is 207 g/mol. The van der Waals surface area contributed by atoms with Crippen LogP contribution in [0.5, 0.6) is 0 Å². The molecule has 0 saturated carbocycles. The zero-order valence-electron chi connectivity index (χ0n) is 8.47. The van der Waals surface area contributed by atoms with Crippen molar-refractivity contribution in [2.75, 3.05) is 6.54 Å². The minimum Gasteiger partial charge on any atom is -0.389 e. The van der Waals surface area contributed by atoms with E-state index in [1.807, 2.05) is 6.07 Å². The fraction of sp³-hybridized carbons (Fsp3) is 0.400. The second-order valence-corrected chi connectivity index (χ2v) is 3.23. The van der Waals surface area contributed by atoms with Gasteiger partial charge >= 0.3 is 0 Å². The van der Waals surface area contributed by atoms with Crippen LogP contribution in [0.1, 0.15) is 18.6 Å². The predicted octanol–water partition coefficient (Wildman–Crippen LogP) is 0.181. The molecule has 1 amide bonds. The van der Waals surface area contributed by atoms with Crippen molar-refractivity contribution >= 4 is 5.91 Å². The molecule has 1 aromatic heterocycles. The lowest BCUT2D eigenvalue weighted by atomic mass is 10.2. The largest absolute Gasteiger partial charge is 0.389 e. The van der Waals surface area contributed by atoms with Crippen LogP contribution in [-0.2, 0) is 11.3 Å². The lowest BCUT2D eigenvalue weighted by Crippen LogP contribution is -2.27. The highest BCUT2D eigenvalue weighted by molar-refractivity contribution is 5.75. The van der Waals surface area contributed by atoms with E-state index in [9.17, 15) is 9.90 Å². The van der Waals surface area contributed by atoms with Gasteiger partial charge in [0.25, 0.3) is 0 Å². The molecule has 80 valence electrons. The van der Waals surface area contributed by atoms with E-state index in [0.29, 0.717) is 0 Å². The zero-order chi connectivity index (χ0) is 11.3. The SMILES string of the molecule is CC(O)c1ccn(CC(=O)NCC#N)c1. The Labute approximate surface area is 87.9 Å². The molecule has 2 N–H and O–H groups in total. The van der Waals surface area contributed by atoms with Gasteiger partial charge in [0.2, 0.25) is 5.91 Å². The van der Waals surface area contributed by atoms with E-state index in [0.717, 1.165) is 5.56 Å². The lowest BCUT2D eigenvalue weighted by molar-refractivity contribution is -0.121. The molecule has 5 heteroatoms. The first-order chi connectivity index (χ1) is 7.13. The van der Waals surface area contributed by atoms with Crippen LogP contribution >= 0.6 is 0 Å². The van der Waals surface area contributed by atoms with Gasteiger partial charge in [0.1, 0.15) is 13.1 Å². The maximum atomic E-state index is 11.2. The fourth-order valence-corrected chi connectivity index (χ4v) is 1.16. The molecule has 0 aliphatic heterocycles. The first-order valence-electron chi connectivity index (χ1n) is 4.61. The number of aliphatic hydroxyl groups excluding tert-OH is 1. The number of nitrogens with one attached hydrogen (secondary N) is 1. The highest BCUT2D eigenvalue weighted by Gasteiger charge is 2.05. The molecule has 1 atom stereocenters. The lowest BCUT2D eigenvalue weighted by Gasteiger charge is -2.02. The Kier molecular flexibility index (Phi) is 3.89. The molecule has 1 heterocycles. The Morgan fingerprint density at radius 1 is 1.80 bits per heavy atom. The van der Waals surface area contributed by atoms with E-state index in [4.69, 9.17) is 5.26 Å². The van der Waals surface area contributed by atoms with Crippen LogP contribution in [0.3, 0.4) is 0 Å². The van der Waals surface area contributed by atoms with Gasteiger partial charge in [-0.2, -0.15) is 5.26 Å². The molecule has 0 aromatic carbocycles. The molecule has 0 spiro atoms. The number of carbonyl (C=O) groups excluding carboxylic acids is 1. The second kappa shape index (κ2) is 5.17. The molecule has 15 heavy (non-hydrogen) atoms. The van der Waals surface area contributed by atoms with Gasteiger partial charge in [0.15, 0.2) is 0 Å². The molecular weight excluding hydrogens is 194 g/mol. The molecule has 1 unspecified atom stereocenters. The van der Waals surface area contributed by atoms with Crippen LogP contribution in [0.2, 0.25) is 0 Å². The standard InChI is InChI=1S/C10H13N3O2/c1-8(14)9-2-5-13(6-9)7-10(15)12-4-3-11/h2,5-6,8,14H,4,7H2,1H3,(H,12,15). The van der Waals surface area contributed by atoms with Gasteiger partial charge in [-0.3, -0.25) is 4.79 Å². The molecule has 0 fully saturated rings. The number of amides is 1. The van der Waals surface area contributed by atoms with Crippen LogP contribution in [0.4, 0.5) is 0 Å². The summed E-state index contributed by atoms with van der Waals surface area (Å²) >= 11 is 0. The molecular formula is C10H13N3O2. The van der Waals surface area contributed by atoms with Gasteiger partial charge in [0, 0.05) is 12.4 Å². The van der Waals surface area contributed by atoms with Crippen LogP contribution in [0, 0.1) is 11.3 Å². The van der Waals surface area contributed by atoms with Crippen molar-refractivity contribution in [3.8, 4) is 6.07 Å². The van der Waals surface area contributed by atoms with Gasteiger partial charge in [-0.15, -0.1) is 0 Å². The number of rotatable bonds is 4. The van der Waals surface area contributed by atoms with Gasteiger partial charge < -0.3 is 15.0 Å². The number of nitriles is 1. The number of aromatic nitrogens is 1. The summed E-state index contributed by atoms with van der Waals surface area (Å²) in [5.74, 6) is -0.218. The van der Waals surface area contributed by atoms with Gasteiger partial charge in [0.05, 0.1) is 12.2 Å². The van der Waals surface area contributed by atoms with Crippen molar-refractivity contribution in [1.29, 1.82) is 5.26 Å². The molecule has 0 saturated heterocycles. The smallest absolute Gasteiger partial charge is 0.240 e. The summed E-state index contributed by atoms with van der Waals surface area (Å²) in [5.41, 5.74) is 0.767. The van der Waals surface area contributed by atoms with Crippen molar-refractivity contribution in [2.24, 2.45) is 0 Å². The molecule has 1 aromatic rings. The first-order valence-corrected chi connectivity index (χ1v) is 4.61. The Hall–Kier alpha value is -1.80. The van der Waals surface area contributed by atoms with Crippen molar-refractivity contribution in [1.82, 2.24) is 9.88 Å². The Balaban J connectivity index is 2.50. The fourth-order valence-electron chi connectivity index (χ4n) is 1.16. The van der Waals surface area contributed by atoms with E-state index in [-0.39, 0.29) is 19.0 Å². The van der Waals surface area contributed by atoms with Crippen molar-refractivity contribution in [3.63, 3.8) is 0 Å². The van der Waals surface area contributed by atoms with Crippen LogP contribution in [-0.4, -0.2) is 22.1 Å². The summed E-state index contributed by atoms with van der Waals surface area (Å²) < 4.78 is 1.66. The van der Waals surface area contributed by atoms with E-state index in [1.165, 1.54) is 0 Å². The highest BCUT2D eigenvalue weighted by atomic mass is 16.3.